The lowest BCUT2D eigenvalue weighted by Crippen LogP contribution is -1.79. The summed E-state index contributed by atoms with van der Waals surface area (Å²) in [6, 6.07) is 5.73. The first-order valence-electron chi connectivity index (χ1n) is 4.18. The Hall–Kier alpha value is -1.64. The van der Waals surface area contributed by atoms with E-state index in [2.05, 4.69) is 4.98 Å². The number of oxazole rings is 1. The SMILES string of the molecule is CCc1cccc2nc(C=O)oc12. The van der Waals surface area contributed by atoms with Crippen LogP contribution in [0.5, 0.6) is 0 Å². The highest BCUT2D eigenvalue weighted by Gasteiger charge is 2.06. The first-order chi connectivity index (χ1) is 6.35. The summed E-state index contributed by atoms with van der Waals surface area (Å²) in [6.07, 6.45) is 1.50. The van der Waals surface area contributed by atoms with E-state index < -0.39 is 0 Å². The van der Waals surface area contributed by atoms with Crippen LogP contribution in [-0.4, -0.2) is 11.3 Å². The molecular weight excluding hydrogens is 166 g/mol. The molecule has 0 aliphatic heterocycles. The summed E-state index contributed by atoms with van der Waals surface area (Å²) in [5.74, 6) is 0.149. The van der Waals surface area contributed by atoms with Crippen LogP contribution in [0.4, 0.5) is 0 Å². The number of carbonyl (C=O) groups is 1. The van der Waals surface area contributed by atoms with E-state index in [1.165, 1.54) is 0 Å². The number of benzene rings is 1. The van der Waals surface area contributed by atoms with Gasteiger partial charge in [-0.05, 0) is 18.1 Å². The number of aromatic nitrogens is 1. The highest BCUT2D eigenvalue weighted by molar-refractivity contribution is 5.81. The maximum absolute atomic E-state index is 10.4. The number of hydrogen-bond donors (Lipinski definition) is 0. The van der Waals surface area contributed by atoms with Crippen molar-refractivity contribution in [1.82, 2.24) is 4.98 Å². The van der Waals surface area contributed by atoms with Crippen molar-refractivity contribution in [1.29, 1.82) is 0 Å². The van der Waals surface area contributed by atoms with Crippen molar-refractivity contribution in [2.45, 2.75) is 13.3 Å². The van der Waals surface area contributed by atoms with Crippen LogP contribution in [0.25, 0.3) is 11.1 Å². The van der Waals surface area contributed by atoms with Crippen molar-refractivity contribution < 1.29 is 9.21 Å². The zero-order valence-corrected chi connectivity index (χ0v) is 7.28. The molecule has 0 saturated heterocycles. The average Bonchev–Trinajstić information content (AvgIpc) is 2.59. The van der Waals surface area contributed by atoms with Crippen LogP contribution in [0, 0.1) is 0 Å². The number of para-hydroxylation sites is 1. The molecule has 0 amide bonds. The fourth-order valence-corrected chi connectivity index (χ4v) is 1.35. The van der Waals surface area contributed by atoms with Gasteiger partial charge in [0, 0.05) is 0 Å². The first-order valence-corrected chi connectivity index (χ1v) is 4.18. The van der Waals surface area contributed by atoms with Crippen molar-refractivity contribution >= 4 is 17.4 Å². The number of fused-ring (bicyclic) bond motifs is 1. The second kappa shape index (κ2) is 3.01. The van der Waals surface area contributed by atoms with Gasteiger partial charge in [0.25, 0.3) is 5.89 Å². The van der Waals surface area contributed by atoms with E-state index in [9.17, 15) is 4.79 Å². The molecule has 0 fully saturated rings. The molecule has 13 heavy (non-hydrogen) atoms. The van der Waals surface area contributed by atoms with Crippen molar-refractivity contribution in [2.75, 3.05) is 0 Å². The number of rotatable bonds is 2. The largest absolute Gasteiger partial charge is 0.434 e. The van der Waals surface area contributed by atoms with Gasteiger partial charge in [0.2, 0.25) is 6.29 Å². The molecule has 0 radical (unpaired) electrons. The summed E-state index contributed by atoms with van der Waals surface area (Å²) in [4.78, 5) is 14.4. The van der Waals surface area contributed by atoms with Gasteiger partial charge < -0.3 is 4.42 Å². The van der Waals surface area contributed by atoms with Gasteiger partial charge in [-0.25, -0.2) is 4.98 Å². The Kier molecular flexibility index (Phi) is 1.85. The molecule has 0 N–H and O–H groups in total. The molecule has 0 aliphatic rings. The molecule has 1 heterocycles. The molecule has 0 bridgehead atoms. The predicted octanol–water partition coefficient (Wildman–Crippen LogP) is 2.20. The van der Waals surface area contributed by atoms with Crippen LogP contribution in [-0.2, 0) is 6.42 Å². The van der Waals surface area contributed by atoms with Crippen LogP contribution < -0.4 is 0 Å². The average molecular weight is 175 g/mol. The fourth-order valence-electron chi connectivity index (χ4n) is 1.35. The number of aryl methyl sites for hydroxylation is 1. The van der Waals surface area contributed by atoms with E-state index in [1.807, 2.05) is 25.1 Å². The summed E-state index contributed by atoms with van der Waals surface area (Å²) in [5, 5.41) is 0. The maximum Gasteiger partial charge on any atom is 0.260 e. The topological polar surface area (TPSA) is 43.1 Å². The van der Waals surface area contributed by atoms with Gasteiger partial charge >= 0.3 is 0 Å². The van der Waals surface area contributed by atoms with Gasteiger partial charge in [-0.15, -0.1) is 0 Å². The smallest absolute Gasteiger partial charge is 0.260 e. The summed E-state index contributed by atoms with van der Waals surface area (Å²) in [5.41, 5.74) is 2.56. The van der Waals surface area contributed by atoms with E-state index >= 15 is 0 Å². The minimum Gasteiger partial charge on any atom is -0.434 e. The molecule has 0 unspecified atom stereocenters. The van der Waals surface area contributed by atoms with Crippen molar-refractivity contribution in [3.05, 3.63) is 29.7 Å². The van der Waals surface area contributed by atoms with Gasteiger partial charge in [0.1, 0.15) is 5.52 Å². The van der Waals surface area contributed by atoms with E-state index in [1.54, 1.807) is 0 Å². The van der Waals surface area contributed by atoms with Crippen LogP contribution in [0.2, 0.25) is 0 Å². The molecule has 3 heteroatoms. The number of hydrogen-bond acceptors (Lipinski definition) is 3. The third-order valence-corrected chi connectivity index (χ3v) is 1.99. The Bertz CT molecular complexity index is 445. The fraction of sp³-hybridized carbons (Fsp3) is 0.200. The van der Waals surface area contributed by atoms with Gasteiger partial charge in [0.15, 0.2) is 5.58 Å². The Morgan fingerprint density at radius 2 is 2.38 bits per heavy atom. The highest BCUT2D eigenvalue weighted by Crippen LogP contribution is 2.19. The van der Waals surface area contributed by atoms with Crippen LogP contribution in [0.3, 0.4) is 0 Å². The van der Waals surface area contributed by atoms with E-state index in [0.29, 0.717) is 6.29 Å². The molecule has 0 spiro atoms. The molecule has 0 saturated carbocycles. The first kappa shape index (κ1) is 7.98. The minimum atomic E-state index is 0.149. The van der Waals surface area contributed by atoms with Crippen molar-refractivity contribution in [3.63, 3.8) is 0 Å². The number of carbonyl (C=O) groups excluding carboxylic acids is 1. The second-order valence-corrected chi connectivity index (χ2v) is 2.79. The van der Waals surface area contributed by atoms with Crippen molar-refractivity contribution in [3.8, 4) is 0 Å². The highest BCUT2D eigenvalue weighted by atomic mass is 16.4. The molecule has 0 aliphatic carbocycles. The second-order valence-electron chi connectivity index (χ2n) is 2.79. The molecule has 1 aromatic heterocycles. The molecule has 1 aromatic carbocycles. The van der Waals surface area contributed by atoms with E-state index in [0.717, 1.165) is 23.1 Å². The molecule has 0 atom stereocenters. The van der Waals surface area contributed by atoms with Gasteiger partial charge in [-0.1, -0.05) is 19.1 Å². The quantitative estimate of drug-likeness (QED) is 0.657. The summed E-state index contributed by atoms with van der Waals surface area (Å²) < 4.78 is 5.26. The molecule has 2 rings (SSSR count). The van der Waals surface area contributed by atoms with Crippen LogP contribution in [0.15, 0.2) is 22.6 Å². The normalized spacial score (nSPS) is 10.5. The zero-order valence-electron chi connectivity index (χ0n) is 7.28. The summed E-state index contributed by atoms with van der Waals surface area (Å²) in [6.45, 7) is 2.04. The lowest BCUT2D eigenvalue weighted by atomic mass is 10.1. The zero-order chi connectivity index (χ0) is 9.26. The van der Waals surface area contributed by atoms with Crippen LogP contribution in [0.1, 0.15) is 23.2 Å². The Labute approximate surface area is 75.4 Å². The third-order valence-electron chi connectivity index (χ3n) is 1.99. The summed E-state index contributed by atoms with van der Waals surface area (Å²) in [7, 11) is 0. The van der Waals surface area contributed by atoms with Crippen molar-refractivity contribution in [2.24, 2.45) is 0 Å². The maximum atomic E-state index is 10.4. The van der Waals surface area contributed by atoms with Gasteiger partial charge in [-0.2, -0.15) is 0 Å². The van der Waals surface area contributed by atoms with E-state index in [-0.39, 0.29) is 5.89 Å². The number of aldehydes is 1. The van der Waals surface area contributed by atoms with E-state index in [4.69, 9.17) is 4.42 Å². The minimum absolute atomic E-state index is 0.149. The van der Waals surface area contributed by atoms with Crippen LogP contribution >= 0.6 is 0 Å². The Balaban J connectivity index is 2.74. The lowest BCUT2D eigenvalue weighted by Gasteiger charge is -1.94. The summed E-state index contributed by atoms with van der Waals surface area (Å²) >= 11 is 0. The molecule has 2 aromatic rings. The molecular formula is C10H9NO2. The molecule has 3 nitrogen and oxygen atoms in total. The predicted molar refractivity (Wildman–Crippen MR) is 48.8 cm³/mol. The molecule has 66 valence electrons. The monoisotopic (exact) mass is 175 g/mol. The van der Waals surface area contributed by atoms with Gasteiger partial charge in [-0.3, -0.25) is 4.79 Å². The standard InChI is InChI=1S/C10H9NO2/c1-2-7-4-3-5-8-10(7)13-9(6-12)11-8/h3-6H,2H2,1H3. The lowest BCUT2D eigenvalue weighted by molar-refractivity contribution is 0.109. The Morgan fingerprint density at radius 1 is 1.54 bits per heavy atom. The van der Waals surface area contributed by atoms with Gasteiger partial charge in [0.05, 0.1) is 0 Å². The third kappa shape index (κ3) is 1.22. The number of nitrogens with zero attached hydrogens (tertiary/aromatic N) is 1. The Morgan fingerprint density at radius 3 is 3.08 bits per heavy atom.